The highest BCUT2D eigenvalue weighted by Gasteiger charge is 2.23. The first-order valence-electron chi connectivity index (χ1n) is 6.85. The molecule has 1 aliphatic heterocycles. The van der Waals surface area contributed by atoms with E-state index in [9.17, 15) is 9.59 Å². The van der Waals surface area contributed by atoms with Crippen LogP contribution in [0.25, 0.3) is 11.2 Å². The van der Waals surface area contributed by atoms with Crippen molar-refractivity contribution < 1.29 is 14.7 Å². The molecule has 0 aromatic carbocycles. The van der Waals surface area contributed by atoms with Gasteiger partial charge in [-0.1, -0.05) is 0 Å². The summed E-state index contributed by atoms with van der Waals surface area (Å²) in [6.07, 6.45) is 3.97. The number of aryl methyl sites for hydroxylation is 1. The zero-order valence-electron chi connectivity index (χ0n) is 11.7. The first kappa shape index (κ1) is 13.5. The lowest BCUT2D eigenvalue weighted by Gasteiger charge is -2.29. The van der Waals surface area contributed by atoms with Crippen LogP contribution in [0.3, 0.4) is 0 Å². The predicted molar refractivity (Wildman–Crippen MR) is 75.1 cm³/mol. The van der Waals surface area contributed by atoms with E-state index >= 15 is 0 Å². The number of aromatic nitrogens is 3. The fourth-order valence-corrected chi connectivity index (χ4v) is 2.91. The van der Waals surface area contributed by atoms with Crippen LogP contribution in [-0.2, 0) is 11.8 Å². The normalized spacial score (nSPS) is 16.3. The highest BCUT2D eigenvalue weighted by molar-refractivity contribution is 5.87. The van der Waals surface area contributed by atoms with Crippen molar-refractivity contribution in [1.29, 1.82) is 0 Å². The lowest BCUT2D eigenvalue weighted by Crippen LogP contribution is -2.32. The number of aromatic carboxylic acids is 1. The summed E-state index contributed by atoms with van der Waals surface area (Å²) >= 11 is 0. The quantitative estimate of drug-likeness (QED) is 0.851. The molecule has 7 heteroatoms. The van der Waals surface area contributed by atoms with Gasteiger partial charge in [0.15, 0.2) is 11.3 Å². The number of rotatable bonds is 3. The maximum atomic E-state index is 11.0. The topological polar surface area (TPSA) is 88.3 Å². The van der Waals surface area contributed by atoms with E-state index in [1.165, 1.54) is 6.20 Å². The number of carbonyl (C=O) groups excluding carboxylic acids is 1. The van der Waals surface area contributed by atoms with E-state index in [1.807, 2.05) is 17.7 Å². The molecule has 0 bridgehead atoms. The van der Waals surface area contributed by atoms with Crippen LogP contribution in [-0.4, -0.2) is 50.0 Å². The largest absolute Gasteiger partial charge is 0.476 e. The Kier molecular flexibility index (Phi) is 3.32. The summed E-state index contributed by atoms with van der Waals surface area (Å²) in [5.41, 5.74) is 2.34. The summed E-state index contributed by atoms with van der Waals surface area (Å²) in [5, 5.41) is 8.98. The summed E-state index contributed by atoms with van der Waals surface area (Å²) in [5.74, 6) is -0.732. The fraction of sp³-hybridized carbons (Fsp3) is 0.429. The van der Waals surface area contributed by atoms with E-state index in [4.69, 9.17) is 5.11 Å². The van der Waals surface area contributed by atoms with Gasteiger partial charge in [0.2, 0.25) is 6.41 Å². The third-order valence-corrected chi connectivity index (χ3v) is 4.08. The molecule has 1 N–H and O–H groups in total. The lowest BCUT2D eigenvalue weighted by molar-refractivity contribution is -0.119. The van der Waals surface area contributed by atoms with Gasteiger partial charge in [-0.25, -0.2) is 14.8 Å². The Morgan fingerprint density at radius 2 is 2.14 bits per heavy atom. The van der Waals surface area contributed by atoms with Crippen molar-refractivity contribution in [3.8, 4) is 0 Å². The number of nitrogens with zero attached hydrogens (tertiary/aromatic N) is 4. The van der Waals surface area contributed by atoms with Gasteiger partial charge >= 0.3 is 5.97 Å². The third kappa shape index (κ3) is 2.35. The van der Waals surface area contributed by atoms with Crippen molar-refractivity contribution >= 4 is 23.5 Å². The summed E-state index contributed by atoms with van der Waals surface area (Å²) < 4.78 is 1.97. The Morgan fingerprint density at radius 1 is 1.43 bits per heavy atom. The van der Waals surface area contributed by atoms with Gasteiger partial charge in [0, 0.05) is 31.7 Å². The van der Waals surface area contributed by atoms with E-state index < -0.39 is 5.97 Å². The summed E-state index contributed by atoms with van der Waals surface area (Å²) in [6, 6.07) is 1.91. The average molecular weight is 288 g/mol. The first-order chi connectivity index (χ1) is 10.1. The molecular weight excluding hydrogens is 272 g/mol. The van der Waals surface area contributed by atoms with Gasteiger partial charge in [-0.2, -0.15) is 0 Å². The molecule has 1 fully saturated rings. The molecule has 0 aliphatic carbocycles. The van der Waals surface area contributed by atoms with Gasteiger partial charge in [0.05, 0.1) is 6.20 Å². The molecule has 3 heterocycles. The molecular formula is C14H16N4O3. The van der Waals surface area contributed by atoms with E-state index in [-0.39, 0.29) is 5.69 Å². The minimum atomic E-state index is -1.07. The minimum absolute atomic E-state index is 0.0459. The van der Waals surface area contributed by atoms with Gasteiger partial charge in [-0.3, -0.25) is 4.79 Å². The van der Waals surface area contributed by atoms with Crippen molar-refractivity contribution in [3.05, 3.63) is 23.7 Å². The molecule has 0 atom stereocenters. The number of hydrogen-bond acceptors (Lipinski definition) is 4. The number of piperidine rings is 1. The molecule has 2 aromatic rings. The molecule has 21 heavy (non-hydrogen) atoms. The second-order valence-electron chi connectivity index (χ2n) is 5.31. The fourth-order valence-electron chi connectivity index (χ4n) is 2.91. The number of carbonyl (C=O) groups is 2. The zero-order chi connectivity index (χ0) is 15.0. The van der Waals surface area contributed by atoms with Crippen molar-refractivity contribution in [2.45, 2.75) is 18.8 Å². The second-order valence-corrected chi connectivity index (χ2v) is 5.31. The van der Waals surface area contributed by atoms with Crippen molar-refractivity contribution in [2.24, 2.45) is 7.05 Å². The zero-order valence-corrected chi connectivity index (χ0v) is 11.7. The molecule has 1 saturated heterocycles. The van der Waals surface area contributed by atoms with Crippen molar-refractivity contribution in [1.82, 2.24) is 19.4 Å². The van der Waals surface area contributed by atoms with Gasteiger partial charge in [0.25, 0.3) is 0 Å². The number of hydrogen-bond donors (Lipinski definition) is 1. The molecule has 1 amide bonds. The second kappa shape index (κ2) is 5.16. The van der Waals surface area contributed by atoms with Crippen LogP contribution >= 0.6 is 0 Å². The van der Waals surface area contributed by atoms with Gasteiger partial charge in [-0.15, -0.1) is 0 Å². The Bertz CT molecular complexity index is 702. The van der Waals surface area contributed by atoms with Crippen LogP contribution in [0, 0.1) is 0 Å². The molecule has 3 rings (SSSR count). The molecule has 7 nitrogen and oxygen atoms in total. The number of carboxylic acids is 1. The summed E-state index contributed by atoms with van der Waals surface area (Å²) in [6.45, 7) is 1.49. The molecule has 0 unspecified atom stereocenters. The van der Waals surface area contributed by atoms with Crippen LogP contribution < -0.4 is 0 Å². The maximum absolute atomic E-state index is 11.0. The summed E-state index contributed by atoms with van der Waals surface area (Å²) in [7, 11) is 1.92. The number of fused-ring (bicyclic) bond motifs is 1. The first-order valence-corrected chi connectivity index (χ1v) is 6.85. The molecule has 0 saturated carbocycles. The predicted octanol–water partition coefficient (Wildman–Crippen LogP) is 1.00. The SMILES string of the molecule is Cn1c(C2CCN(C=O)CC2)cc2nc(C(=O)O)cnc21. The molecule has 1 aliphatic rings. The Labute approximate surface area is 121 Å². The van der Waals surface area contributed by atoms with Crippen LogP contribution in [0.5, 0.6) is 0 Å². The van der Waals surface area contributed by atoms with Crippen LogP contribution in [0.4, 0.5) is 0 Å². The van der Waals surface area contributed by atoms with Crippen LogP contribution in [0.15, 0.2) is 12.3 Å². The Balaban J connectivity index is 1.94. The highest BCUT2D eigenvalue weighted by atomic mass is 16.4. The van der Waals surface area contributed by atoms with Crippen LogP contribution in [0.1, 0.15) is 34.9 Å². The van der Waals surface area contributed by atoms with Crippen molar-refractivity contribution in [2.75, 3.05) is 13.1 Å². The third-order valence-electron chi connectivity index (χ3n) is 4.08. The van der Waals surface area contributed by atoms with E-state index in [1.54, 1.807) is 4.90 Å². The smallest absolute Gasteiger partial charge is 0.356 e. The molecule has 110 valence electrons. The van der Waals surface area contributed by atoms with Crippen LogP contribution in [0.2, 0.25) is 0 Å². The number of amides is 1. The van der Waals surface area contributed by atoms with E-state index in [0.29, 0.717) is 17.1 Å². The highest BCUT2D eigenvalue weighted by Crippen LogP contribution is 2.30. The number of likely N-dealkylation sites (tertiary alicyclic amines) is 1. The van der Waals surface area contributed by atoms with E-state index in [0.717, 1.165) is 38.0 Å². The van der Waals surface area contributed by atoms with Crippen molar-refractivity contribution in [3.63, 3.8) is 0 Å². The minimum Gasteiger partial charge on any atom is -0.476 e. The average Bonchev–Trinajstić information content (AvgIpc) is 2.84. The van der Waals surface area contributed by atoms with Gasteiger partial charge < -0.3 is 14.6 Å². The van der Waals surface area contributed by atoms with Gasteiger partial charge in [-0.05, 0) is 18.9 Å². The lowest BCUT2D eigenvalue weighted by atomic mass is 9.94. The Morgan fingerprint density at radius 3 is 2.76 bits per heavy atom. The monoisotopic (exact) mass is 288 g/mol. The molecule has 0 radical (unpaired) electrons. The molecule has 2 aromatic heterocycles. The Hall–Kier alpha value is -2.44. The molecule has 0 spiro atoms. The van der Waals surface area contributed by atoms with Gasteiger partial charge in [0.1, 0.15) is 5.52 Å². The van der Waals surface area contributed by atoms with E-state index in [2.05, 4.69) is 9.97 Å². The number of carboxylic acid groups (broad SMARTS) is 1. The standard InChI is InChI=1S/C14H16N4O3/c1-17-12(9-2-4-18(8-19)5-3-9)6-10-13(17)15-7-11(16-10)14(20)21/h6-9H,2-5H2,1H3,(H,20,21). The summed E-state index contributed by atoms with van der Waals surface area (Å²) in [4.78, 5) is 31.8. The maximum Gasteiger partial charge on any atom is 0.356 e.